The van der Waals surface area contributed by atoms with Gasteiger partial charge in [0.1, 0.15) is 11.5 Å². The van der Waals surface area contributed by atoms with E-state index in [2.05, 4.69) is 0 Å². The highest BCUT2D eigenvalue weighted by Gasteiger charge is 2.32. The highest BCUT2D eigenvalue weighted by atomic mass is 32.2. The smallest absolute Gasteiger partial charge is 0.416 e. The van der Waals surface area contributed by atoms with E-state index in [1.807, 2.05) is 52.0 Å². The van der Waals surface area contributed by atoms with Gasteiger partial charge in [-0.05, 0) is 172 Å². The number of benzene rings is 4. The van der Waals surface area contributed by atoms with Crippen LogP contribution in [0.2, 0.25) is 0 Å². The van der Waals surface area contributed by atoms with Crippen LogP contribution in [-0.4, -0.2) is 45.9 Å². The molecule has 0 unspecified atom stereocenters. The van der Waals surface area contributed by atoms with Crippen molar-refractivity contribution in [3.05, 3.63) is 116 Å². The van der Waals surface area contributed by atoms with Crippen LogP contribution in [0.5, 0.6) is 11.5 Å². The second kappa shape index (κ2) is 21.1. The summed E-state index contributed by atoms with van der Waals surface area (Å²) >= 11 is 6.28. The molecule has 338 valence electrons. The van der Waals surface area contributed by atoms with Crippen LogP contribution in [0.3, 0.4) is 0 Å². The Morgan fingerprint density at radius 2 is 1.14 bits per heavy atom. The molecule has 6 nitrogen and oxygen atoms in total. The maximum atomic E-state index is 13.0. The molecule has 0 fully saturated rings. The predicted molar refractivity (Wildman–Crippen MR) is 244 cm³/mol. The van der Waals surface area contributed by atoms with E-state index < -0.39 is 41.0 Å². The zero-order valence-electron chi connectivity index (χ0n) is 35.5. The van der Waals surface area contributed by atoms with E-state index in [4.69, 9.17) is 14.6 Å². The standard InChI is InChI=1S/C24H25F3O3S2.C23H23F3O3S2/c1-14-12-17(8-10-19(14)30-23(3,4)22(28)29)31-11-5-6-20-15(2)18-9-7-16(24(25,26)27)13-21(18)32-20;1-3-15-11-17(7-9-19(15)29-13-22(27)28)30-10-4-5-20-14(2)18-8-6-16(23(24,25)26)12-21(18)31-20/h7-10,12-13H,5-6,11H2,1-4H3,(H,28,29);6-9,11-12H,3-5,10,13H2,1-2H3,(H,27,28). The first-order valence-corrected chi connectivity index (χ1v) is 23.6. The summed E-state index contributed by atoms with van der Waals surface area (Å²) in [6.07, 6.45) is -4.48. The van der Waals surface area contributed by atoms with Gasteiger partial charge in [-0.25, -0.2) is 9.59 Å². The van der Waals surface area contributed by atoms with E-state index in [0.717, 1.165) is 108 Å². The van der Waals surface area contributed by atoms with Gasteiger partial charge < -0.3 is 19.7 Å². The Morgan fingerprint density at radius 1 is 0.667 bits per heavy atom. The molecule has 0 radical (unpaired) electrons. The average molecular weight is 951 g/mol. The molecule has 2 heterocycles. The number of aryl methyl sites for hydroxylation is 6. The summed E-state index contributed by atoms with van der Waals surface area (Å²) in [6.45, 7) is 10.5. The van der Waals surface area contributed by atoms with Crippen molar-refractivity contribution >= 4 is 78.3 Å². The number of rotatable bonds is 17. The Hall–Kier alpha value is -4.38. The zero-order chi connectivity index (χ0) is 46.3. The van der Waals surface area contributed by atoms with Crippen molar-refractivity contribution < 1.29 is 55.6 Å². The minimum Gasteiger partial charge on any atom is -0.482 e. The normalized spacial score (nSPS) is 12.1. The maximum Gasteiger partial charge on any atom is 0.416 e. The summed E-state index contributed by atoms with van der Waals surface area (Å²) in [7, 11) is 0. The van der Waals surface area contributed by atoms with Crippen molar-refractivity contribution in [2.75, 3.05) is 18.1 Å². The molecule has 6 rings (SSSR count). The molecule has 0 aliphatic heterocycles. The molecule has 0 aliphatic rings. The molecule has 0 amide bonds. The lowest BCUT2D eigenvalue weighted by Crippen LogP contribution is -2.38. The van der Waals surface area contributed by atoms with E-state index in [0.29, 0.717) is 20.9 Å². The van der Waals surface area contributed by atoms with Crippen molar-refractivity contribution in [3.8, 4) is 11.5 Å². The molecular formula is C47H48F6O6S4. The topological polar surface area (TPSA) is 93.1 Å². The number of hydrogen-bond donors (Lipinski definition) is 2. The molecule has 4 aromatic carbocycles. The van der Waals surface area contributed by atoms with Crippen molar-refractivity contribution in [1.29, 1.82) is 0 Å². The number of aliphatic carboxylic acids is 2. The van der Waals surface area contributed by atoms with E-state index >= 15 is 0 Å². The predicted octanol–water partition coefficient (Wildman–Crippen LogP) is 14.5. The molecule has 0 bridgehead atoms. The lowest BCUT2D eigenvalue weighted by molar-refractivity contribution is -0.152. The van der Waals surface area contributed by atoms with E-state index in [9.17, 15) is 41.0 Å². The van der Waals surface area contributed by atoms with Crippen LogP contribution >= 0.6 is 46.2 Å². The molecule has 63 heavy (non-hydrogen) atoms. The zero-order valence-corrected chi connectivity index (χ0v) is 38.8. The van der Waals surface area contributed by atoms with Gasteiger partial charge in [0.15, 0.2) is 12.2 Å². The largest absolute Gasteiger partial charge is 0.482 e. The molecule has 0 saturated carbocycles. The van der Waals surface area contributed by atoms with Gasteiger partial charge in [0, 0.05) is 28.9 Å². The van der Waals surface area contributed by atoms with Gasteiger partial charge in [0.25, 0.3) is 0 Å². The van der Waals surface area contributed by atoms with Gasteiger partial charge in [-0.1, -0.05) is 19.1 Å². The van der Waals surface area contributed by atoms with Gasteiger partial charge >= 0.3 is 24.3 Å². The molecule has 6 aromatic rings. The maximum absolute atomic E-state index is 13.0. The van der Waals surface area contributed by atoms with Gasteiger partial charge in [-0.2, -0.15) is 26.3 Å². The lowest BCUT2D eigenvalue weighted by atomic mass is 10.1. The molecule has 0 saturated heterocycles. The quantitative estimate of drug-likeness (QED) is 0.0531. The number of carbonyl (C=O) groups is 2. The van der Waals surface area contributed by atoms with Crippen LogP contribution in [-0.2, 0) is 41.2 Å². The molecule has 0 aliphatic carbocycles. The van der Waals surface area contributed by atoms with Crippen molar-refractivity contribution in [2.45, 2.75) is 101 Å². The fourth-order valence-corrected chi connectivity index (χ4v) is 11.0. The molecule has 2 N–H and O–H groups in total. The highest BCUT2D eigenvalue weighted by Crippen LogP contribution is 2.39. The van der Waals surface area contributed by atoms with E-state index in [1.165, 1.54) is 48.7 Å². The molecular weight excluding hydrogens is 903 g/mol. The Morgan fingerprint density at radius 3 is 1.57 bits per heavy atom. The summed E-state index contributed by atoms with van der Waals surface area (Å²) in [6, 6.07) is 19.3. The number of alkyl halides is 6. The van der Waals surface area contributed by atoms with Crippen LogP contribution in [0.1, 0.15) is 76.7 Å². The second-order valence-corrected chi connectivity index (χ2v) is 19.9. The van der Waals surface area contributed by atoms with Gasteiger partial charge in [0.2, 0.25) is 0 Å². The summed E-state index contributed by atoms with van der Waals surface area (Å²) in [5.41, 5.74) is 1.43. The number of thiophene rings is 2. The highest BCUT2D eigenvalue weighted by molar-refractivity contribution is 7.99. The Bertz CT molecular complexity index is 2560. The van der Waals surface area contributed by atoms with Gasteiger partial charge in [-0.3, -0.25) is 0 Å². The molecule has 2 aromatic heterocycles. The number of hydrogen-bond acceptors (Lipinski definition) is 8. The fraction of sp³-hybridized carbons (Fsp3) is 0.362. The minimum absolute atomic E-state index is 0.363. The SMILES string of the molecule is CCc1cc(SCCCc2sc3cc(C(F)(F)F)ccc3c2C)ccc1OCC(=O)O.Cc1cc(SCCCc2sc3cc(C(F)(F)F)ccc3c2C)ccc1OC(C)(C)C(=O)O. The number of halogens is 6. The van der Waals surface area contributed by atoms with Crippen LogP contribution < -0.4 is 9.47 Å². The first-order chi connectivity index (χ1) is 29.6. The van der Waals surface area contributed by atoms with Crippen molar-refractivity contribution in [2.24, 2.45) is 0 Å². The Kier molecular flexibility index (Phi) is 16.6. The summed E-state index contributed by atoms with van der Waals surface area (Å²) in [5.74, 6) is 0.837. The Labute approximate surface area is 379 Å². The summed E-state index contributed by atoms with van der Waals surface area (Å²) in [4.78, 5) is 26.3. The third kappa shape index (κ3) is 13.3. The fourth-order valence-electron chi connectivity index (χ4n) is 6.57. The molecule has 0 spiro atoms. The first-order valence-electron chi connectivity index (χ1n) is 20.0. The van der Waals surface area contributed by atoms with Gasteiger partial charge in [-0.15, -0.1) is 46.2 Å². The first kappa shape index (κ1) is 49.6. The van der Waals surface area contributed by atoms with E-state index in [-0.39, 0.29) is 6.61 Å². The van der Waals surface area contributed by atoms with Crippen molar-refractivity contribution in [1.82, 2.24) is 0 Å². The third-order valence-corrected chi connectivity index (χ3v) is 14.9. The number of carboxylic acid groups (broad SMARTS) is 2. The Balaban J connectivity index is 0.000000238. The minimum atomic E-state index is -4.33. The van der Waals surface area contributed by atoms with Crippen LogP contribution in [0.25, 0.3) is 20.2 Å². The third-order valence-electron chi connectivity index (χ3n) is 10.2. The molecule has 16 heteroatoms. The molecule has 0 atom stereocenters. The van der Waals surface area contributed by atoms with Crippen LogP contribution in [0.4, 0.5) is 26.3 Å². The second-order valence-electron chi connectivity index (χ2n) is 15.3. The monoisotopic (exact) mass is 950 g/mol. The summed E-state index contributed by atoms with van der Waals surface area (Å²) in [5, 5.41) is 19.8. The van der Waals surface area contributed by atoms with Crippen LogP contribution in [0.15, 0.2) is 82.6 Å². The lowest BCUT2D eigenvalue weighted by Gasteiger charge is -2.23. The van der Waals surface area contributed by atoms with Crippen LogP contribution in [0, 0.1) is 20.8 Å². The average Bonchev–Trinajstić information content (AvgIpc) is 3.71. The van der Waals surface area contributed by atoms with E-state index in [1.54, 1.807) is 47.8 Å². The number of carboxylic acids is 2. The number of thioether (sulfide) groups is 2. The van der Waals surface area contributed by atoms with Crippen molar-refractivity contribution in [3.63, 3.8) is 0 Å². The summed E-state index contributed by atoms with van der Waals surface area (Å²) < 4.78 is 90.1. The number of fused-ring (bicyclic) bond motifs is 2. The van der Waals surface area contributed by atoms with Gasteiger partial charge in [0.05, 0.1) is 11.1 Å². The number of ether oxygens (including phenoxy) is 2.